The largest absolute Gasteiger partial charge is 0.475 e. The molecule has 6 nitrogen and oxygen atoms in total. The molecule has 0 aromatic carbocycles. The van der Waals surface area contributed by atoms with Crippen molar-refractivity contribution in [3.63, 3.8) is 0 Å². The van der Waals surface area contributed by atoms with Crippen molar-refractivity contribution in [3.8, 4) is 0 Å². The van der Waals surface area contributed by atoms with Gasteiger partial charge in [-0.15, -0.1) is 0 Å². The summed E-state index contributed by atoms with van der Waals surface area (Å²) in [5.74, 6) is -1.93. The van der Waals surface area contributed by atoms with Gasteiger partial charge in [-0.05, 0) is 12.3 Å². The molecule has 0 radical (unpaired) electrons. The SMILES string of the molecule is CC(N(C)C(=O)c1cc(C(=O)O)on1)C(C)(C)C. The van der Waals surface area contributed by atoms with E-state index in [0.717, 1.165) is 6.07 Å². The molecule has 0 saturated carbocycles. The summed E-state index contributed by atoms with van der Waals surface area (Å²) in [5.41, 5.74) is -0.0740. The smallest absolute Gasteiger partial charge is 0.374 e. The number of carbonyl (C=O) groups is 2. The topological polar surface area (TPSA) is 83.6 Å². The van der Waals surface area contributed by atoms with Crippen molar-refractivity contribution in [2.75, 3.05) is 7.05 Å². The highest BCUT2D eigenvalue weighted by atomic mass is 16.5. The van der Waals surface area contributed by atoms with Crippen LogP contribution in [0.2, 0.25) is 0 Å². The molecule has 1 aromatic heterocycles. The Bertz CT molecular complexity index is 459. The van der Waals surface area contributed by atoms with Gasteiger partial charge in [0.2, 0.25) is 5.76 Å². The molecule has 1 atom stereocenters. The maximum absolute atomic E-state index is 12.1. The van der Waals surface area contributed by atoms with Gasteiger partial charge in [0.25, 0.3) is 5.91 Å². The molecule has 0 saturated heterocycles. The van der Waals surface area contributed by atoms with Crippen LogP contribution in [0.25, 0.3) is 0 Å². The van der Waals surface area contributed by atoms with E-state index < -0.39 is 5.97 Å². The van der Waals surface area contributed by atoms with Gasteiger partial charge in [-0.2, -0.15) is 0 Å². The van der Waals surface area contributed by atoms with Crippen LogP contribution in [0.1, 0.15) is 48.7 Å². The molecule has 0 aliphatic carbocycles. The number of carbonyl (C=O) groups excluding carboxylic acids is 1. The van der Waals surface area contributed by atoms with E-state index in [0.29, 0.717) is 0 Å². The monoisotopic (exact) mass is 254 g/mol. The first-order chi connectivity index (χ1) is 8.14. The molecule has 6 heteroatoms. The average Bonchev–Trinajstić information content (AvgIpc) is 2.74. The predicted octanol–water partition coefficient (Wildman–Crippen LogP) is 1.88. The van der Waals surface area contributed by atoms with Crippen LogP contribution in [0, 0.1) is 5.41 Å². The van der Waals surface area contributed by atoms with Crippen molar-refractivity contribution in [3.05, 3.63) is 17.5 Å². The molecule has 1 amide bonds. The van der Waals surface area contributed by atoms with Crippen molar-refractivity contribution in [2.24, 2.45) is 5.41 Å². The number of rotatable bonds is 3. The third kappa shape index (κ3) is 2.88. The van der Waals surface area contributed by atoms with Gasteiger partial charge in [-0.3, -0.25) is 4.79 Å². The second-order valence-electron chi connectivity index (χ2n) is 5.34. The molecule has 0 aliphatic rings. The second-order valence-corrected chi connectivity index (χ2v) is 5.34. The number of nitrogens with zero attached hydrogens (tertiary/aromatic N) is 2. The highest BCUT2D eigenvalue weighted by molar-refractivity contribution is 5.94. The van der Waals surface area contributed by atoms with Crippen molar-refractivity contribution in [1.82, 2.24) is 10.1 Å². The normalized spacial score (nSPS) is 13.2. The van der Waals surface area contributed by atoms with Crippen LogP contribution >= 0.6 is 0 Å². The van der Waals surface area contributed by atoms with E-state index in [1.807, 2.05) is 27.7 Å². The van der Waals surface area contributed by atoms with Crippen LogP contribution in [-0.2, 0) is 0 Å². The highest BCUT2D eigenvalue weighted by Crippen LogP contribution is 2.24. The van der Waals surface area contributed by atoms with Crippen LogP contribution in [-0.4, -0.2) is 40.1 Å². The van der Waals surface area contributed by atoms with Gasteiger partial charge in [0, 0.05) is 19.2 Å². The molecule has 18 heavy (non-hydrogen) atoms. The highest BCUT2D eigenvalue weighted by Gasteiger charge is 2.29. The third-order valence-electron chi connectivity index (χ3n) is 3.09. The molecular weight excluding hydrogens is 236 g/mol. The number of carboxylic acids is 1. The molecule has 0 spiro atoms. The van der Waals surface area contributed by atoms with Gasteiger partial charge in [-0.1, -0.05) is 25.9 Å². The average molecular weight is 254 g/mol. The lowest BCUT2D eigenvalue weighted by molar-refractivity contribution is 0.0611. The molecule has 0 fully saturated rings. The second kappa shape index (κ2) is 4.80. The number of hydrogen-bond acceptors (Lipinski definition) is 4. The summed E-state index contributed by atoms with van der Waals surface area (Å²) < 4.78 is 4.57. The fourth-order valence-electron chi connectivity index (χ4n) is 1.41. The van der Waals surface area contributed by atoms with Crippen LogP contribution in [0.4, 0.5) is 0 Å². The van der Waals surface area contributed by atoms with Crippen LogP contribution in [0.15, 0.2) is 10.6 Å². The number of amides is 1. The summed E-state index contributed by atoms with van der Waals surface area (Å²) >= 11 is 0. The van der Waals surface area contributed by atoms with E-state index >= 15 is 0 Å². The minimum absolute atomic E-state index is 0.00556. The lowest BCUT2D eigenvalue weighted by Gasteiger charge is -2.34. The Balaban J connectivity index is 2.90. The van der Waals surface area contributed by atoms with Crippen LogP contribution < -0.4 is 0 Å². The van der Waals surface area contributed by atoms with Crippen molar-refractivity contribution in [1.29, 1.82) is 0 Å². The maximum atomic E-state index is 12.1. The van der Waals surface area contributed by atoms with Crippen molar-refractivity contribution < 1.29 is 19.2 Å². The van der Waals surface area contributed by atoms with Crippen LogP contribution in [0.3, 0.4) is 0 Å². The summed E-state index contributed by atoms with van der Waals surface area (Å²) in [7, 11) is 1.66. The first-order valence-corrected chi connectivity index (χ1v) is 5.61. The number of aromatic carboxylic acids is 1. The quantitative estimate of drug-likeness (QED) is 0.890. The molecule has 1 N–H and O–H groups in total. The third-order valence-corrected chi connectivity index (χ3v) is 3.09. The van der Waals surface area contributed by atoms with Crippen molar-refractivity contribution >= 4 is 11.9 Å². The molecule has 0 aliphatic heterocycles. The summed E-state index contributed by atoms with van der Waals surface area (Å²) in [6.45, 7) is 7.99. The summed E-state index contributed by atoms with van der Waals surface area (Å²) in [6, 6.07) is 1.12. The lowest BCUT2D eigenvalue weighted by atomic mass is 9.87. The maximum Gasteiger partial charge on any atom is 0.374 e. The molecular formula is C12H18N2O4. The van der Waals surface area contributed by atoms with E-state index in [9.17, 15) is 9.59 Å². The Morgan fingerprint density at radius 3 is 2.39 bits per heavy atom. The number of carboxylic acid groups (broad SMARTS) is 1. The molecule has 1 rings (SSSR count). The fourth-order valence-corrected chi connectivity index (χ4v) is 1.41. The van der Waals surface area contributed by atoms with Gasteiger partial charge in [0.05, 0.1) is 0 Å². The minimum Gasteiger partial charge on any atom is -0.475 e. The molecule has 1 aromatic rings. The van der Waals surface area contributed by atoms with Crippen molar-refractivity contribution in [2.45, 2.75) is 33.7 Å². The van der Waals surface area contributed by atoms with E-state index in [1.165, 1.54) is 4.90 Å². The van der Waals surface area contributed by atoms with Crippen LogP contribution in [0.5, 0.6) is 0 Å². The first-order valence-electron chi connectivity index (χ1n) is 5.61. The van der Waals surface area contributed by atoms with E-state index in [1.54, 1.807) is 7.05 Å². The lowest BCUT2D eigenvalue weighted by Crippen LogP contribution is -2.43. The minimum atomic E-state index is -1.24. The first kappa shape index (κ1) is 14.2. The molecule has 1 heterocycles. The standard InChI is InChI=1S/C12H18N2O4/c1-7(12(2,3)4)14(5)10(15)8-6-9(11(16)17)18-13-8/h6-7H,1-5H3,(H,16,17). The molecule has 0 bridgehead atoms. The van der Waals surface area contributed by atoms with E-state index in [-0.39, 0.29) is 28.8 Å². The van der Waals surface area contributed by atoms with E-state index in [2.05, 4.69) is 9.68 Å². The summed E-state index contributed by atoms with van der Waals surface area (Å²) in [6.07, 6.45) is 0. The predicted molar refractivity (Wildman–Crippen MR) is 64.5 cm³/mol. The van der Waals surface area contributed by atoms with E-state index in [4.69, 9.17) is 5.11 Å². The van der Waals surface area contributed by atoms with Gasteiger partial charge < -0.3 is 14.5 Å². The molecule has 1 unspecified atom stereocenters. The Morgan fingerprint density at radius 2 is 2.00 bits per heavy atom. The Hall–Kier alpha value is -1.85. The Morgan fingerprint density at radius 1 is 1.44 bits per heavy atom. The van der Waals surface area contributed by atoms with Gasteiger partial charge >= 0.3 is 5.97 Å². The zero-order valence-electron chi connectivity index (χ0n) is 11.2. The van der Waals surface area contributed by atoms with Gasteiger partial charge in [-0.25, -0.2) is 4.79 Å². The van der Waals surface area contributed by atoms with Gasteiger partial charge in [0.15, 0.2) is 5.69 Å². The summed E-state index contributed by atoms with van der Waals surface area (Å²) in [4.78, 5) is 24.3. The number of aromatic nitrogens is 1. The number of hydrogen-bond donors (Lipinski definition) is 1. The fraction of sp³-hybridized carbons (Fsp3) is 0.583. The molecule has 100 valence electrons. The summed E-state index contributed by atoms with van der Waals surface area (Å²) in [5, 5.41) is 12.2. The zero-order valence-corrected chi connectivity index (χ0v) is 11.2. The Labute approximate surface area is 106 Å². The van der Waals surface area contributed by atoms with Gasteiger partial charge in [0.1, 0.15) is 0 Å². The Kier molecular flexibility index (Phi) is 3.79. The zero-order chi connectivity index (χ0) is 14.1.